The standard InChI is InChI=1S/C14H28NO2/c1-12-8-7-9-13(2)15(12,4)10-5-6-11-17-14(3)16/h12-13H,5-11H2,1-4H3/q+1. The Labute approximate surface area is 106 Å². The number of esters is 1. The first-order chi connectivity index (χ1) is 7.97. The van der Waals surface area contributed by atoms with Crippen LogP contribution >= 0.6 is 0 Å². The van der Waals surface area contributed by atoms with E-state index in [-0.39, 0.29) is 5.97 Å². The number of hydrogen-bond donors (Lipinski definition) is 0. The molecule has 1 fully saturated rings. The van der Waals surface area contributed by atoms with E-state index in [1.54, 1.807) is 0 Å². The summed E-state index contributed by atoms with van der Waals surface area (Å²) in [5.41, 5.74) is 0. The van der Waals surface area contributed by atoms with Crippen molar-refractivity contribution in [2.45, 2.75) is 65.0 Å². The minimum absolute atomic E-state index is 0.162. The lowest BCUT2D eigenvalue weighted by Crippen LogP contribution is -2.59. The summed E-state index contributed by atoms with van der Waals surface area (Å²) >= 11 is 0. The van der Waals surface area contributed by atoms with E-state index in [1.807, 2.05) is 0 Å². The van der Waals surface area contributed by atoms with Gasteiger partial charge >= 0.3 is 5.97 Å². The van der Waals surface area contributed by atoms with Crippen LogP contribution in [0.5, 0.6) is 0 Å². The van der Waals surface area contributed by atoms with E-state index < -0.39 is 0 Å². The van der Waals surface area contributed by atoms with Crippen molar-refractivity contribution in [2.75, 3.05) is 20.2 Å². The van der Waals surface area contributed by atoms with Gasteiger partial charge in [-0.1, -0.05) is 0 Å². The van der Waals surface area contributed by atoms with Gasteiger partial charge in [-0.05, 0) is 46.0 Å². The van der Waals surface area contributed by atoms with Crippen molar-refractivity contribution in [1.29, 1.82) is 0 Å². The number of quaternary nitrogens is 1. The number of unbranched alkanes of at least 4 members (excludes halogenated alkanes) is 1. The number of nitrogens with zero attached hydrogens (tertiary/aromatic N) is 1. The van der Waals surface area contributed by atoms with E-state index in [4.69, 9.17) is 4.74 Å². The molecule has 0 aromatic heterocycles. The van der Waals surface area contributed by atoms with E-state index in [0.717, 1.165) is 24.9 Å². The van der Waals surface area contributed by atoms with Gasteiger partial charge in [-0.15, -0.1) is 0 Å². The van der Waals surface area contributed by atoms with Crippen LogP contribution in [0.2, 0.25) is 0 Å². The minimum Gasteiger partial charge on any atom is -0.466 e. The number of rotatable bonds is 5. The number of carbonyl (C=O) groups is 1. The lowest BCUT2D eigenvalue weighted by Gasteiger charge is -2.48. The molecule has 0 saturated carbocycles. The molecule has 1 aliphatic rings. The van der Waals surface area contributed by atoms with Crippen LogP contribution in [0.3, 0.4) is 0 Å². The van der Waals surface area contributed by atoms with Gasteiger partial charge in [0.05, 0.1) is 32.3 Å². The topological polar surface area (TPSA) is 26.3 Å². The second-order valence-corrected chi connectivity index (χ2v) is 5.75. The molecule has 0 radical (unpaired) electrons. The van der Waals surface area contributed by atoms with Gasteiger partial charge < -0.3 is 9.22 Å². The van der Waals surface area contributed by atoms with Gasteiger partial charge in [-0.25, -0.2) is 0 Å². The van der Waals surface area contributed by atoms with E-state index in [2.05, 4.69) is 20.9 Å². The minimum atomic E-state index is -0.162. The Bertz CT molecular complexity index is 243. The third-order valence-corrected chi connectivity index (χ3v) is 4.60. The average Bonchev–Trinajstić information content (AvgIpc) is 2.25. The quantitative estimate of drug-likeness (QED) is 0.421. The van der Waals surface area contributed by atoms with Crippen molar-refractivity contribution in [1.82, 2.24) is 0 Å². The molecule has 0 amide bonds. The Hall–Kier alpha value is -0.570. The zero-order chi connectivity index (χ0) is 12.9. The Kier molecular flexibility index (Phi) is 5.44. The summed E-state index contributed by atoms with van der Waals surface area (Å²) < 4.78 is 6.17. The maximum absolute atomic E-state index is 10.6. The van der Waals surface area contributed by atoms with Gasteiger partial charge in [-0.3, -0.25) is 4.79 Å². The zero-order valence-electron chi connectivity index (χ0n) is 11.9. The lowest BCUT2D eigenvalue weighted by molar-refractivity contribution is -0.958. The van der Waals surface area contributed by atoms with Crippen molar-refractivity contribution >= 4 is 5.97 Å². The molecule has 0 N–H and O–H groups in total. The maximum atomic E-state index is 10.6. The maximum Gasteiger partial charge on any atom is 0.302 e. The third-order valence-electron chi connectivity index (χ3n) is 4.60. The van der Waals surface area contributed by atoms with Crippen LogP contribution < -0.4 is 0 Å². The van der Waals surface area contributed by atoms with Crippen molar-refractivity contribution in [3.63, 3.8) is 0 Å². The summed E-state index contributed by atoms with van der Waals surface area (Å²) in [6, 6.07) is 1.54. The highest BCUT2D eigenvalue weighted by Crippen LogP contribution is 2.29. The van der Waals surface area contributed by atoms with Gasteiger partial charge in [0.25, 0.3) is 0 Å². The van der Waals surface area contributed by atoms with Crippen molar-refractivity contribution in [3.05, 3.63) is 0 Å². The van der Waals surface area contributed by atoms with Crippen molar-refractivity contribution < 1.29 is 14.0 Å². The molecule has 1 aliphatic heterocycles. The fourth-order valence-corrected chi connectivity index (χ4v) is 2.94. The van der Waals surface area contributed by atoms with Gasteiger partial charge in [0.15, 0.2) is 0 Å². The molecular formula is C14H28NO2+. The SMILES string of the molecule is CC(=O)OCCCC[N+]1(C)C(C)CCCC1C. The molecule has 0 spiro atoms. The molecule has 17 heavy (non-hydrogen) atoms. The Morgan fingerprint density at radius 2 is 1.82 bits per heavy atom. The Morgan fingerprint density at radius 3 is 2.35 bits per heavy atom. The monoisotopic (exact) mass is 242 g/mol. The molecule has 3 heteroatoms. The van der Waals surface area contributed by atoms with Crippen molar-refractivity contribution in [3.8, 4) is 0 Å². The summed E-state index contributed by atoms with van der Waals surface area (Å²) in [6.07, 6.45) is 6.23. The molecule has 0 aromatic carbocycles. The van der Waals surface area contributed by atoms with Crippen LogP contribution in [0.1, 0.15) is 52.9 Å². The van der Waals surface area contributed by atoms with Crippen LogP contribution in [-0.2, 0) is 9.53 Å². The fraction of sp³-hybridized carbons (Fsp3) is 0.929. The van der Waals surface area contributed by atoms with E-state index in [9.17, 15) is 4.79 Å². The summed E-state index contributed by atoms with van der Waals surface area (Å²) in [5.74, 6) is -0.162. The third kappa shape index (κ3) is 3.98. The molecular weight excluding hydrogens is 214 g/mol. The summed E-state index contributed by atoms with van der Waals surface area (Å²) in [5, 5.41) is 0. The van der Waals surface area contributed by atoms with E-state index in [1.165, 1.54) is 37.2 Å². The first kappa shape index (κ1) is 14.5. The Balaban J connectivity index is 2.30. The summed E-state index contributed by atoms with van der Waals surface area (Å²) in [7, 11) is 2.39. The predicted octanol–water partition coefficient (Wildman–Crippen LogP) is 2.74. The Morgan fingerprint density at radius 1 is 1.24 bits per heavy atom. The zero-order valence-corrected chi connectivity index (χ0v) is 11.9. The van der Waals surface area contributed by atoms with Gasteiger partial charge in [0.1, 0.15) is 0 Å². The molecule has 100 valence electrons. The second kappa shape index (κ2) is 6.39. The number of ether oxygens (including phenoxy) is 1. The number of hydrogen-bond acceptors (Lipinski definition) is 2. The average molecular weight is 242 g/mol. The van der Waals surface area contributed by atoms with Crippen molar-refractivity contribution in [2.24, 2.45) is 0 Å². The van der Waals surface area contributed by atoms with Crippen LogP contribution in [0.25, 0.3) is 0 Å². The smallest absolute Gasteiger partial charge is 0.302 e. The fourth-order valence-electron chi connectivity index (χ4n) is 2.94. The molecule has 1 rings (SSSR count). The largest absolute Gasteiger partial charge is 0.466 e. The number of likely N-dealkylation sites (tertiary alicyclic amines) is 1. The molecule has 0 bridgehead atoms. The highest BCUT2D eigenvalue weighted by atomic mass is 16.5. The number of piperidine rings is 1. The molecule has 0 aromatic rings. The van der Waals surface area contributed by atoms with Gasteiger partial charge in [0.2, 0.25) is 0 Å². The van der Waals surface area contributed by atoms with Crippen LogP contribution in [0.4, 0.5) is 0 Å². The second-order valence-electron chi connectivity index (χ2n) is 5.75. The highest BCUT2D eigenvalue weighted by molar-refractivity contribution is 5.65. The summed E-state index contributed by atoms with van der Waals surface area (Å²) in [4.78, 5) is 10.6. The molecule has 1 heterocycles. The molecule has 1 saturated heterocycles. The first-order valence-corrected chi connectivity index (χ1v) is 6.95. The van der Waals surface area contributed by atoms with E-state index >= 15 is 0 Å². The number of carbonyl (C=O) groups excluding carboxylic acids is 1. The molecule has 0 aliphatic carbocycles. The van der Waals surface area contributed by atoms with Gasteiger partial charge in [0, 0.05) is 6.92 Å². The normalized spacial score (nSPS) is 33.4. The van der Waals surface area contributed by atoms with Gasteiger partial charge in [-0.2, -0.15) is 0 Å². The molecule has 2 unspecified atom stereocenters. The summed E-state index contributed by atoms with van der Waals surface area (Å²) in [6.45, 7) is 8.02. The first-order valence-electron chi connectivity index (χ1n) is 6.95. The lowest BCUT2D eigenvalue weighted by atomic mass is 9.94. The molecule has 3 nitrogen and oxygen atoms in total. The van der Waals surface area contributed by atoms with Crippen LogP contribution in [0.15, 0.2) is 0 Å². The van der Waals surface area contributed by atoms with Crippen LogP contribution in [-0.4, -0.2) is 42.7 Å². The predicted molar refractivity (Wildman–Crippen MR) is 69.7 cm³/mol. The highest BCUT2D eigenvalue weighted by Gasteiger charge is 2.37. The molecule has 2 atom stereocenters. The van der Waals surface area contributed by atoms with Crippen LogP contribution in [0, 0.1) is 0 Å². The van der Waals surface area contributed by atoms with E-state index in [0.29, 0.717) is 6.61 Å².